The van der Waals surface area contributed by atoms with Gasteiger partial charge < -0.3 is 14.4 Å². The molecule has 0 aromatic rings. The molecule has 0 heterocycles. The van der Waals surface area contributed by atoms with E-state index in [-0.39, 0.29) is 5.97 Å². The quantitative estimate of drug-likeness (QED) is 0.143. The first-order valence-corrected chi connectivity index (χ1v) is 11.4. The number of ether oxygens (including phenoxy) is 2. The maximum Gasteiger partial charge on any atom is 0.333 e. The summed E-state index contributed by atoms with van der Waals surface area (Å²) in [5, 5.41) is 0. The van der Waals surface area contributed by atoms with Crippen LogP contribution in [0.4, 0.5) is 0 Å². The zero-order valence-corrected chi connectivity index (χ0v) is 19.3. The summed E-state index contributed by atoms with van der Waals surface area (Å²) in [5.41, 5.74) is 0.478. The molecule has 0 aromatic heterocycles. The van der Waals surface area contributed by atoms with E-state index in [1.165, 1.54) is 70.8 Å². The van der Waals surface area contributed by atoms with Crippen molar-refractivity contribution in [1.29, 1.82) is 0 Å². The van der Waals surface area contributed by atoms with Gasteiger partial charge in [0.25, 0.3) is 0 Å². The minimum absolute atomic E-state index is 0.270. The molecule has 28 heavy (non-hydrogen) atoms. The van der Waals surface area contributed by atoms with E-state index >= 15 is 0 Å². The van der Waals surface area contributed by atoms with Gasteiger partial charge in [0.1, 0.15) is 0 Å². The minimum Gasteiger partial charge on any atom is -0.462 e. The molecule has 0 amide bonds. The molecule has 1 atom stereocenters. The topological polar surface area (TPSA) is 38.8 Å². The van der Waals surface area contributed by atoms with Gasteiger partial charge in [-0.1, -0.05) is 64.4 Å². The summed E-state index contributed by atoms with van der Waals surface area (Å²) in [4.78, 5) is 13.6. The molecular formula is C24H47NO3. The molecule has 0 saturated carbocycles. The van der Waals surface area contributed by atoms with Gasteiger partial charge in [0.2, 0.25) is 0 Å². The van der Waals surface area contributed by atoms with Gasteiger partial charge in [-0.25, -0.2) is 4.79 Å². The highest BCUT2D eigenvalue weighted by molar-refractivity contribution is 5.86. The van der Waals surface area contributed by atoms with Crippen LogP contribution in [-0.4, -0.2) is 51.8 Å². The van der Waals surface area contributed by atoms with Crippen molar-refractivity contribution in [1.82, 2.24) is 4.90 Å². The lowest BCUT2D eigenvalue weighted by Gasteiger charge is -2.16. The lowest BCUT2D eigenvalue weighted by molar-refractivity contribution is -0.139. The Kier molecular flexibility index (Phi) is 18.8. The summed E-state index contributed by atoms with van der Waals surface area (Å²) in [7, 11) is 6.09. The fraction of sp³-hybridized carbons (Fsp3) is 0.875. The Bertz CT molecular complexity index is 382. The second-order valence-electron chi connectivity index (χ2n) is 8.48. The van der Waals surface area contributed by atoms with Crippen molar-refractivity contribution in [3.8, 4) is 0 Å². The van der Waals surface area contributed by atoms with Crippen LogP contribution in [0.5, 0.6) is 0 Å². The fourth-order valence-electron chi connectivity index (χ4n) is 3.46. The molecule has 0 aliphatic heterocycles. The maximum absolute atomic E-state index is 11.4. The van der Waals surface area contributed by atoms with E-state index in [0.717, 1.165) is 31.8 Å². The Morgan fingerprint density at radius 3 is 1.89 bits per heavy atom. The summed E-state index contributed by atoms with van der Waals surface area (Å²) < 4.78 is 10.5. The highest BCUT2D eigenvalue weighted by Gasteiger charge is 2.09. The number of esters is 1. The predicted molar refractivity (Wildman–Crippen MR) is 120 cm³/mol. The third-order valence-electron chi connectivity index (χ3n) is 5.29. The molecule has 0 saturated heterocycles. The average molecular weight is 398 g/mol. The fourth-order valence-corrected chi connectivity index (χ4v) is 3.46. The molecule has 4 nitrogen and oxygen atoms in total. The summed E-state index contributed by atoms with van der Waals surface area (Å²) in [6, 6.07) is 0. The summed E-state index contributed by atoms with van der Waals surface area (Å²) >= 11 is 0. The SMILES string of the molecule is C=C(C)C(=O)OCCCCC(CCCCCCCCCCN(C)C)CCOC. The van der Waals surface area contributed by atoms with Gasteiger partial charge in [-0.05, 0) is 59.2 Å². The zero-order valence-electron chi connectivity index (χ0n) is 19.3. The molecule has 1 unspecified atom stereocenters. The van der Waals surface area contributed by atoms with E-state index in [1.807, 2.05) is 0 Å². The Hall–Kier alpha value is -0.870. The minimum atomic E-state index is -0.270. The Morgan fingerprint density at radius 2 is 1.36 bits per heavy atom. The van der Waals surface area contributed by atoms with Crippen molar-refractivity contribution in [3.63, 3.8) is 0 Å². The zero-order chi connectivity index (χ0) is 21.0. The van der Waals surface area contributed by atoms with Crippen molar-refractivity contribution < 1.29 is 14.3 Å². The van der Waals surface area contributed by atoms with Crippen molar-refractivity contribution in [2.75, 3.05) is 41.0 Å². The standard InChI is InChI=1S/C24H47NO3/c1-22(2)24(26)28-20-15-13-17-23(18-21-27-5)16-12-10-8-6-7-9-11-14-19-25(3)4/h23H,1,6-21H2,2-5H3. The molecule has 0 aliphatic rings. The normalized spacial score (nSPS) is 12.3. The van der Waals surface area contributed by atoms with Crippen LogP contribution in [0, 0.1) is 5.92 Å². The number of nitrogens with zero attached hydrogens (tertiary/aromatic N) is 1. The average Bonchev–Trinajstić information content (AvgIpc) is 2.65. The Labute approximate surface area is 175 Å². The number of hydrogen-bond donors (Lipinski definition) is 0. The summed E-state index contributed by atoms with van der Waals surface area (Å²) in [5.74, 6) is 0.469. The molecule has 0 radical (unpaired) electrons. The number of methoxy groups -OCH3 is 1. The first-order valence-electron chi connectivity index (χ1n) is 11.4. The van der Waals surface area contributed by atoms with Crippen molar-refractivity contribution in [2.45, 2.75) is 90.4 Å². The Morgan fingerprint density at radius 1 is 0.821 bits per heavy atom. The molecule has 0 aliphatic carbocycles. The molecule has 166 valence electrons. The monoisotopic (exact) mass is 397 g/mol. The Balaban J connectivity index is 3.66. The van der Waals surface area contributed by atoms with E-state index in [9.17, 15) is 4.79 Å². The predicted octanol–water partition coefficient (Wildman–Crippen LogP) is 6.00. The van der Waals surface area contributed by atoms with Crippen LogP contribution in [0.1, 0.15) is 90.4 Å². The molecular weight excluding hydrogens is 350 g/mol. The van der Waals surface area contributed by atoms with Gasteiger partial charge in [0.15, 0.2) is 0 Å². The number of hydrogen-bond acceptors (Lipinski definition) is 4. The van der Waals surface area contributed by atoms with Gasteiger partial charge in [-0.3, -0.25) is 0 Å². The van der Waals surface area contributed by atoms with E-state index in [0.29, 0.717) is 12.2 Å². The summed E-state index contributed by atoms with van der Waals surface area (Å²) in [6.45, 7) is 7.88. The number of carbonyl (C=O) groups excluding carboxylic acids is 1. The van der Waals surface area contributed by atoms with Crippen molar-refractivity contribution in [3.05, 3.63) is 12.2 Å². The second-order valence-corrected chi connectivity index (χ2v) is 8.48. The highest BCUT2D eigenvalue weighted by Crippen LogP contribution is 2.21. The van der Waals surface area contributed by atoms with Gasteiger partial charge >= 0.3 is 5.97 Å². The molecule has 0 fully saturated rings. The maximum atomic E-state index is 11.4. The van der Waals surface area contributed by atoms with Crippen molar-refractivity contribution in [2.24, 2.45) is 5.92 Å². The largest absolute Gasteiger partial charge is 0.462 e. The highest BCUT2D eigenvalue weighted by atomic mass is 16.5. The van der Waals surface area contributed by atoms with Gasteiger partial charge in [0, 0.05) is 19.3 Å². The third kappa shape index (κ3) is 18.5. The molecule has 0 rings (SSSR count). The lowest BCUT2D eigenvalue weighted by Crippen LogP contribution is -2.12. The number of unbranched alkanes of at least 4 members (excludes halogenated alkanes) is 8. The molecule has 0 bridgehead atoms. The van der Waals surface area contributed by atoms with Crippen molar-refractivity contribution >= 4 is 5.97 Å². The van der Waals surface area contributed by atoms with E-state index in [1.54, 1.807) is 14.0 Å². The summed E-state index contributed by atoms with van der Waals surface area (Å²) in [6.07, 6.45) is 16.7. The van der Waals surface area contributed by atoms with Gasteiger partial charge in [0.05, 0.1) is 6.61 Å². The van der Waals surface area contributed by atoms with Crippen LogP contribution in [0.25, 0.3) is 0 Å². The van der Waals surface area contributed by atoms with Crippen LogP contribution in [0.15, 0.2) is 12.2 Å². The molecule has 0 N–H and O–H groups in total. The number of carbonyl (C=O) groups is 1. The van der Waals surface area contributed by atoms with E-state index < -0.39 is 0 Å². The van der Waals surface area contributed by atoms with Crippen LogP contribution in [0.3, 0.4) is 0 Å². The van der Waals surface area contributed by atoms with E-state index in [4.69, 9.17) is 9.47 Å². The van der Waals surface area contributed by atoms with Gasteiger partial charge in [-0.15, -0.1) is 0 Å². The second kappa shape index (κ2) is 19.4. The third-order valence-corrected chi connectivity index (χ3v) is 5.29. The van der Waals surface area contributed by atoms with Crippen LogP contribution in [0.2, 0.25) is 0 Å². The molecule has 0 aromatic carbocycles. The van der Waals surface area contributed by atoms with Crippen LogP contribution in [-0.2, 0) is 14.3 Å². The number of rotatable bonds is 20. The lowest BCUT2D eigenvalue weighted by atomic mass is 9.92. The first kappa shape index (κ1) is 27.1. The smallest absolute Gasteiger partial charge is 0.333 e. The van der Waals surface area contributed by atoms with Crippen LogP contribution >= 0.6 is 0 Å². The van der Waals surface area contributed by atoms with E-state index in [2.05, 4.69) is 25.6 Å². The molecule has 0 spiro atoms. The molecule has 4 heteroatoms. The van der Waals surface area contributed by atoms with Crippen LogP contribution < -0.4 is 0 Å². The first-order chi connectivity index (χ1) is 13.5. The van der Waals surface area contributed by atoms with Gasteiger partial charge in [-0.2, -0.15) is 0 Å².